The van der Waals surface area contributed by atoms with Crippen LogP contribution < -0.4 is 5.32 Å². The van der Waals surface area contributed by atoms with E-state index in [1.165, 1.54) is 4.88 Å². The van der Waals surface area contributed by atoms with Crippen LogP contribution in [0.5, 0.6) is 0 Å². The summed E-state index contributed by atoms with van der Waals surface area (Å²) in [4.78, 5) is 3.52. The van der Waals surface area contributed by atoms with E-state index in [-0.39, 0.29) is 0 Å². The molecule has 0 saturated carbocycles. The van der Waals surface area contributed by atoms with Crippen LogP contribution in [-0.2, 0) is 11.3 Å². The Hall–Kier alpha value is 0.0200. The first-order valence-corrected chi connectivity index (χ1v) is 8.19. The summed E-state index contributed by atoms with van der Waals surface area (Å²) in [5.74, 6) is 0. The Balaban J connectivity index is 1.72. The summed E-state index contributed by atoms with van der Waals surface area (Å²) >= 11 is 5.23. The van der Waals surface area contributed by atoms with Crippen molar-refractivity contribution in [3.05, 3.63) is 20.8 Å². The molecule has 1 aliphatic heterocycles. The molecule has 1 aromatic heterocycles. The molecule has 1 saturated heterocycles. The first kappa shape index (κ1) is 15.4. The van der Waals surface area contributed by atoms with E-state index in [0.29, 0.717) is 13.1 Å². The van der Waals surface area contributed by atoms with Crippen LogP contribution in [0.3, 0.4) is 0 Å². The van der Waals surface area contributed by atoms with E-state index in [0.717, 1.165) is 37.3 Å². The Morgan fingerprint density at radius 2 is 2.26 bits per heavy atom. The standard InChI is InChI=1S/C13H21BrN2O2S/c1-13(17,10-16-3-5-18-6-4-16)9-15-8-12-11(14)2-7-19-12/h2,7,15,17H,3-6,8-10H2,1H3. The summed E-state index contributed by atoms with van der Waals surface area (Å²) in [7, 11) is 0. The van der Waals surface area contributed by atoms with Crippen LogP contribution in [0.15, 0.2) is 15.9 Å². The number of hydrogen-bond acceptors (Lipinski definition) is 5. The lowest BCUT2D eigenvalue weighted by Gasteiger charge is -2.34. The van der Waals surface area contributed by atoms with Gasteiger partial charge < -0.3 is 15.2 Å². The highest BCUT2D eigenvalue weighted by molar-refractivity contribution is 9.10. The van der Waals surface area contributed by atoms with Gasteiger partial charge in [-0.25, -0.2) is 0 Å². The molecule has 6 heteroatoms. The molecule has 0 aromatic carbocycles. The van der Waals surface area contributed by atoms with Gasteiger partial charge in [0.2, 0.25) is 0 Å². The number of nitrogens with zero attached hydrogens (tertiary/aromatic N) is 1. The van der Waals surface area contributed by atoms with Gasteiger partial charge in [-0.3, -0.25) is 4.90 Å². The van der Waals surface area contributed by atoms with E-state index in [1.807, 2.05) is 13.0 Å². The van der Waals surface area contributed by atoms with Gasteiger partial charge in [0.25, 0.3) is 0 Å². The smallest absolute Gasteiger partial charge is 0.0869 e. The minimum Gasteiger partial charge on any atom is -0.388 e. The Morgan fingerprint density at radius 3 is 2.89 bits per heavy atom. The molecule has 2 N–H and O–H groups in total. The molecule has 0 bridgehead atoms. The van der Waals surface area contributed by atoms with Crippen LogP contribution in [0.4, 0.5) is 0 Å². The van der Waals surface area contributed by atoms with E-state index < -0.39 is 5.60 Å². The molecule has 0 spiro atoms. The van der Waals surface area contributed by atoms with Crippen molar-refractivity contribution in [2.24, 2.45) is 0 Å². The van der Waals surface area contributed by atoms with E-state index in [4.69, 9.17) is 4.74 Å². The van der Waals surface area contributed by atoms with Crippen LogP contribution in [0, 0.1) is 0 Å². The van der Waals surface area contributed by atoms with Gasteiger partial charge >= 0.3 is 0 Å². The Kier molecular flexibility index (Phi) is 5.80. The minimum atomic E-state index is -0.707. The van der Waals surface area contributed by atoms with Gasteiger partial charge in [-0.2, -0.15) is 0 Å². The number of aliphatic hydroxyl groups is 1. The summed E-state index contributed by atoms with van der Waals surface area (Å²) in [5.41, 5.74) is -0.707. The second-order valence-corrected chi connectivity index (χ2v) is 7.04. The van der Waals surface area contributed by atoms with Gasteiger partial charge in [-0.1, -0.05) is 0 Å². The van der Waals surface area contributed by atoms with Crippen molar-refractivity contribution < 1.29 is 9.84 Å². The summed E-state index contributed by atoms with van der Waals surface area (Å²) in [6, 6.07) is 2.05. The molecule has 108 valence electrons. The maximum absolute atomic E-state index is 10.4. The number of thiophene rings is 1. The van der Waals surface area contributed by atoms with Crippen LogP contribution in [0.1, 0.15) is 11.8 Å². The molecule has 1 fully saturated rings. The highest BCUT2D eigenvalue weighted by atomic mass is 79.9. The quantitative estimate of drug-likeness (QED) is 0.820. The predicted octanol–water partition coefficient (Wildman–Crippen LogP) is 1.68. The molecule has 2 rings (SSSR count). The van der Waals surface area contributed by atoms with Gasteiger partial charge in [-0.05, 0) is 34.3 Å². The molecular formula is C13H21BrN2O2S. The fourth-order valence-electron chi connectivity index (χ4n) is 2.19. The van der Waals surface area contributed by atoms with Crippen LogP contribution in [0.25, 0.3) is 0 Å². The zero-order valence-corrected chi connectivity index (χ0v) is 13.6. The minimum absolute atomic E-state index is 0.592. The van der Waals surface area contributed by atoms with E-state index in [9.17, 15) is 5.11 Å². The lowest BCUT2D eigenvalue weighted by Crippen LogP contribution is -2.50. The van der Waals surface area contributed by atoms with Crippen molar-refractivity contribution in [1.82, 2.24) is 10.2 Å². The number of nitrogens with one attached hydrogen (secondary N) is 1. The van der Waals surface area contributed by atoms with Crippen molar-refractivity contribution >= 4 is 27.3 Å². The van der Waals surface area contributed by atoms with E-state index >= 15 is 0 Å². The number of halogens is 1. The zero-order chi connectivity index (χ0) is 13.7. The normalized spacial score (nSPS) is 20.4. The lowest BCUT2D eigenvalue weighted by molar-refractivity contribution is -0.0219. The number of β-amino-alcohol motifs (C(OH)–C–C–N with tert-alkyl or cyclic N) is 1. The highest BCUT2D eigenvalue weighted by Gasteiger charge is 2.24. The van der Waals surface area contributed by atoms with Crippen molar-refractivity contribution in [2.75, 3.05) is 39.4 Å². The Morgan fingerprint density at radius 1 is 1.53 bits per heavy atom. The molecule has 0 radical (unpaired) electrons. The number of ether oxygens (including phenoxy) is 1. The summed E-state index contributed by atoms with van der Waals surface area (Å²) in [5, 5.41) is 15.8. The first-order valence-electron chi connectivity index (χ1n) is 6.52. The molecular weight excluding hydrogens is 328 g/mol. The number of morpholine rings is 1. The molecule has 1 unspecified atom stereocenters. The number of rotatable bonds is 6. The molecule has 0 amide bonds. The maximum Gasteiger partial charge on any atom is 0.0869 e. The summed E-state index contributed by atoms with van der Waals surface area (Å²) in [6.07, 6.45) is 0. The van der Waals surface area contributed by atoms with Crippen LogP contribution in [0.2, 0.25) is 0 Å². The average molecular weight is 349 g/mol. The highest BCUT2D eigenvalue weighted by Crippen LogP contribution is 2.22. The topological polar surface area (TPSA) is 44.7 Å². The van der Waals surface area contributed by atoms with E-state index in [2.05, 4.69) is 31.5 Å². The molecule has 19 heavy (non-hydrogen) atoms. The number of hydrogen-bond donors (Lipinski definition) is 2. The maximum atomic E-state index is 10.4. The van der Waals surface area contributed by atoms with Gasteiger partial charge in [0, 0.05) is 42.1 Å². The largest absolute Gasteiger partial charge is 0.388 e. The predicted molar refractivity (Wildman–Crippen MR) is 81.6 cm³/mol. The fourth-order valence-corrected chi connectivity index (χ4v) is 3.66. The van der Waals surface area contributed by atoms with Crippen LogP contribution >= 0.6 is 27.3 Å². The molecule has 1 aromatic rings. The van der Waals surface area contributed by atoms with Gasteiger partial charge in [0.15, 0.2) is 0 Å². The Bertz CT molecular complexity index is 392. The first-order chi connectivity index (χ1) is 9.07. The van der Waals surface area contributed by atoms with E-state index in [1.54, 1.807) is 11.3 Å². The average Bonchev–Trinajstić information content (AvgIpc) is 2.76. The van der Waals surface area contributed by atoms with Crippen molar-refractivity contribution in [2.45, 2.75) is 19.1 Å². The molecule has 2 heterocycles. The third-order valence-corrected chi connectivity index (χ3v) is 5.08. The summed E-state index contributed by atoms with van der Waals surface area (Å²) < 4.78 is 6.45. The second-order valence-electron chi connectivity index (χ2n) is 5.18. The van der Waals surface area contributed by atoms with Crippen molar-refractivity contribution in [3.8, 4) is 0 Å². The van der Waals surface area contributed by atoms with Crippen molar-refractivity contribution in [1.29, 1.82) is 0 Å². The third kappa shape index (κ3) is 5.13. The monoisotopic (exact) mass is 348 g/mol. The van der Waals surface area contributed by atoms with Crippen LogP contribution in [-0.4, -0.2) is 55.0 Å². The zero-order valence-electron chi connectivity index (χ0n) is 11.2. The van der Waals surface area contributed by atoms with Gasteiger partial charge in [0.05, 0.1) is 18.8 Å². The molecule has 4 nitrogen and oxygen atoms in total. The SMILES string of the molecule is CC(O)(CNCc1sccc1Br)CN1CCOCC1. The molecule has 1 aliphatic rings. The van der Waals surface area contributed by atoms with Crippen molar-refractivity contribution in [3.63, 3.8) is 0 Å². The third-order valence-electron chi connectivity index (χ3n) is 3.15. The lowest BCUT2D eigenvalue weighted by atomic mass is 10.1. The van der Waals surface area contributed by atoms with Gasteiger partial charge in [-0.15, -0.1) is 11.3 Å². The fraction of sp³-hybridized carbons (Fsp3) is 0.692. The Labute approximate surface area is 126 Å². The van der Waals surface area contributed by atoms with Gasteiger partial charge in [0.1, 0.15) is 0 Å². The second kappa shape index (κ2) is 7.15. The summed E-state index contributed by atoms with van der Waals surface area (Å²) in [6.45, 7) is 7.32. The molecule has 1 atom stereocenters. The molecule has 0 aliphatic carbocycles.